The number of benzene rings is 1. The third kappa shape index (κ3) is 2.48. The lowest BCUT2D eigenvalue weighted by Crippen LogP contribution is -2.32. The van der Waals surface area contributed by atoms with Crippen LogP contribution in [-0.2, 0) is 0 Å². The number of anilines is 3. The predicted molar refractivity (Wildman–Crippen MR) is 95.0 cm³/mol. The standard InChI is InChI=1S/C17H18N6O3/c24-7-11-2-1-5-23(11)17-21-14-15(18-8-19-16(14)22-17)20-10-3-4-12-13(6-10)26-9-25-12/h3-4,6,8,11,24H,1-2,5,7,9H2,(H2,18,19,20,21,22). The van der Waals surface area contributed by atoms with Crippen molar-refractivity contribution in [3.63, 3.8) is 0 Å². The second-order valence-corrected chi connectivity index (χ2v) is 6.35. The normalized spacial score (nSPS) is 18.7. The zero-order chi connectivity index (χ0) is 17.5. The topological polar surface area (TPSA) is 108 Å². The van der Waals surface area contributed by atoms with Crippen LogP contribution < -0.4 is 19.7 Å². The first-order valence-corrected chi connectivity index (χ1v) is 8.57. The van der Waals surface area contributed by atoms with Crippen molar-refractivity contribution in [2.75, 3.05) is 30.2 Å². The van der Waals surface area contributed by atoms with Crippen molar-refractivity contribution in [2.45, 2.75) is 18.9 Å². The number of aliphatic hydroxyl groups is 1. The molecule has 1 saturated heterocycles. The van der Waals surface area contributed by atoms with Crippen LogP contribution in [0.1, 0.15) is 12.8 Å². The molecule has 1 unspecified atom stereocenters. The van der Waals surface area contributed by atoms with Crippen LogP contribution in [0, 0.1) is 0 Å². The predicted octanol–water partition coefficient (Wildman–Crippen LogP) is 1.79. The average molecular weight is 354 g/mol. The molecule has 4 heterocycles. The van der Waals surface area contributed by atoms with E-state index in [2.05, 4.69) is 30.2 Å². The zero-order valence-corrected chi connectivity index (χ0v) is 14.0. The second kappa shape index (κ2) is 6.03. The summed E-state index contributed by atoms with van der Waals surface area (Å²) in [5, 5.41) is 12.8. The van der Waals surface area contributed by atoms with E-state index in [1.807, 2.05) is 18.2 Å². The van der Waals surface area contributed by atoms with E-state index in [4.69, 9.17) is 9.47 Å². The minimum atomic E-state index is 0.0915. The smallest absolute Gasteiger partial charge is 0.231 e. The maximum atomic E-state index is 9.55. The van der Waals surface area contributed by atoms with Gasteiger partial charge in [-0.1, -0.05) is 0 Å². The Hall–Kier alpha value is -3.07. The van der Waals surface area contributed by atoms with Gasteiger partial charge < -0.3 is 29.8 Å². The van der Waals surface area contributed by atoms with Crippen molar-refractivity contribution in [1.29, 1.82) is 0 Å². The molecule has 134 valence electrons. The van der Waals surface area contributed by atoms with Crippen LogP contribution in [0.15, 0.2) is 24.5 Å². The number of ether oxygens (including phenoxy) is 2. The molecule has 1 aromatic carbocycles. The summed E-state index contributed by atoms with van der Waals surface area (Å²) in [5.41, 5.74) is 2.14. The summed E-state index contributed by atoms with van der Waals surface area (Å²) < 4.78 is 10.8. The lowest BCUT2D eigenvalue weighted by molar-refractivity contribution is 0.174. The third-order valence-corrected chi connectivity index (χ3v) is 4.77. The quantitative estimate of drug-likeness (QED) is 0.651. The fourth-order valence-corrected chi connectivity index (χ4v) is 3.46. The largest absolute Gasteiger partial charge is 0.454 e. The van der Waals surface area contributed by atoms with E-state index in [9.17, 15) is 5.11 Å². The maximum absolute atomic E-state index is 9.55. The summed E-state index contributed by atoms with van der Waals surface area (Å²) in [7, 11) is 0. The van der Waals surface area contributed by atoms with Crippen LogP contribution in [0.5, 0.6) is 11.5 Å². The molecule has 0 spiro atoms. The highest BCUT2D eigenvalue weighted by atomic mass is 16.7. The van der Waals surface area contributed by atoms with Crippen LogP contribution in [0.3, 0.4) is 0 Å². The Morgan fingerprint density at radius 2 is 2.19 bits per heavy atom. The lowest BCUT2D eigenvalue weighted by Gasteiger charge is -2.21. The van der Waals surface area contributed by atoms with Gasteiger partial charge in [0.1, 0.15) is 11.8 Å². The van der Waals surface area contributed by atoms with E-state index >= 15 is 0 Å². The Morgan fingerprint density at radius 3 is 3.12 bits per heavy atom. The van der Waals surface area contributed by atoms with Gasteiger partial charge in [-0.3, -0.25) is 0 Å². The van der Waals surface area contributed by atoms with E-state index in [0.29, 0.717) is 23.2 Å². The number of aromatic nitrogens is 4. The number of nitrogens with zero attached hydrogens (tertiary/aromatic N) is 4. The molecule has 0 amide bonds. The number of hydrogen-bond acceptors (Lipinski definition) is 8. The molecule has 0 bridgehead atoms. The van der Waals surface area contributed by atoms with Crippen molar-refractivity contribution < 1.29 is 14.6 Å². The number of imidazole rings is 1. The zero-order valence-electron chi connectivity index (χ0n) is 14.0. The van der Waals surface area contributed by atoms with Crippen molar-refractivity contribution in [3.05, 3.63) is 24.5 Å². The molecule has 2 aliphatic heterocycles. The molecule has 9 nitrogen and oxygen atoms in total. The van der Waals surface area contributed by atoms with Crippen LogP contribution in [-0.4, -0.2) is 51.0 Å². The highest BCUT2D eigenvalue weighted by Gasteiger charge is 2.27. The van der Waals surface area contributed by atoms with Crippen LogP contribution >= 0.6 is 0 Å². The Morgan fingerprint density at radius 1 is 1.27 bits per heavy atom. The molecule has 2 aliphatic rings. The molecule has 0 radical (unpaired) electrons. The number of aromatic amines is 1. The molecule has 3 N–H and O–H groups in total. The summed E-state index contributed by atoms with van der Waals surface area (Å²) in [6.45, 7) is 1.22. The third-order valence-electron chi connectivity index (χ3n) is 4.77. The Balaban J connectivity index is 1.48. The fraction of sp³-hybridized carbons (Fsp3) is 0.353. The summed E-state index contributed by atoms with van der Waals surface area (Å²) in [6, 6.07) is 5.72. The van der Waals surface area contributed by atoms with E-state index in [1.165, 1.54) is 6.33 Å². The number of nitrogens with one attached hydrogen (secondary N) is 2. The van der Waals surface area contributed by atoms with Gasteiger partial charge >= 0.3 is 0 Å². The fourth-order valence-electron chi connectivity index (χ4n) is 3.46. The monoisotopic (exact) mass is 354 g/mol. The summed E-state index contributed by atoms with van der Waals surface area (Å²) in [6.07, 6.45) is 3.48. The first-order valence-electron chi connectivity index (χ1n) is 8.57. The highest BCUT2D eigenvalue weighted by Crippen LogP contribution is 2.35. The van der Waals surface area contributed by atoms with Crippen molar-refractivity contribution >= 4 is 28.6 Å². The molecule has 2 aromatic heterocycles. The molecule has 3 aromatic rings. The number of rotatable bonds is 4. The van der Waals surface area contributed by atoms with Gasteiger partial charge in [0.05, 0.1) is 12.6 Å². The minimum absolute atomic E-state index is 0.0915. The maximum Gasteiger partial charge on any atom is 0.231 e. The van der Waals surface area contributed by atoms with E-state index in [-0.39, 0.29) is 19.4 Å². The van der Waals surface area contributed by atoms with Crippen molar-refractivity contribution in [1.82, 2.24) is 19.9 Å². The molecule has 1 atom stereocenters. The van der Waals surface area contributed by atoms with Crippen molar-refractivity contribution in [2.24, 2.45) is 0 Å². The Bertz CT molecular complexity index is 959. The van der Waals surface area contributed by atoms with Gasteiger partial charge in [0.25, 0.3) is 0 Å². The molecular weight excluding hydrogens is 336 g/mol. The number of hydrogen-bond donors (Lipinski definition) is 3. The summed E-state index contributed by atoms with van der Waals surface area (Å²) in [4.78, 5) is 18.6. The van der Waals surface area contributed by atoms with Crippen LogP contribution in [0.25, 0.3) is 11.2 Å². The molecular formula is C17H18N6O3. The highest BCUT2D eigenvalue weighted by molar-refractivity contribution is 5.86. The van der Waals surface area contributed by atoms with Gasteiger partial charge in [-0.25, -0.2) is 9.97 Å². The first kappa shape index (κ1) is 15.2. The van der Waals surface area contributed by atoms with Crippen LogP contribution in [0.4, 0.5) is 17.5 Å². The van der Waals surface area contributed by atoms with Gasteiger partial charge in [-0.15, -0.1) is 0 Å². The molecule has 5 rings (SSSR count). The Labute approximate surface area is 149 Å². The van der Waals surface area contributed by atoms with Gasteiger partial charge in [0, 0.05) is 18.3 Å². The first-order chi connectivity index (χ1) is 12.8. The van der Waals surface area contributed by atoms with E-state index in [0.717, 1.165) is 36.3 Å². The van der Waals surface area contributed by atoms with Gasteiger partial charge in [0.15, 0.2) is 23.0 Å². The molecule has 9 heteroatoms. The van der Waals surface area contributed by atoms with E-state index in [1.54, 1.807) is 0 Å². The van der Waals surface area contributed by atoms with E-state index < -0.39 is 0 Å². The molecule has 0 saturated carbocycles. The molecule has 1 fully saturated rings. The van der Waals surface area contributed by atoms with Crippen molar-refractivity contribution in [3.8, 4) is 11.5 Å². The number of fused-ring (bicyclic) bond motifs is 2. The Kier molecular flexibility index (Phi) is 3.52. The number of aliphatic hydroxyl groups excluding tert-OH is 1. The van der Waals surface area contributed by atoms with Crippen LogP contribution in [0.2, 0.25) is 0 Å². The van der Waals surface area contributed by atoms with Gasteiger partial charge in [-0.2, -0.15) is 4.98 Å². The minimum Gasteiger partial charge on any atom is -0.454 e. The molecule has 26 heavy (non-hydrogen) atoms. The average Bonchev–Trinajstić information content (AvgIpc) is 3.39. The SMILES string of the molecule is OCC1CCCN1c1nc2ncnc(Nc3ccc4c(c3)OCO4)c2[nH]1. The van der Waals surface area contributed by atoms with Gasteiger partial charge in [0.2, 0.25) is 12.7 Å². The second-order valence-electron chi connectivity index (χ2n) is 6.35. The molecule has 0 aliphatic carbocycles. The summed E-state index contributed by atoms with van der Waals surface area (Å²) >= 11 is 0. The summed E-state index contributed by atoms with van der Waals surface area (Å²) in [5.74, 6) is 2.78. The van der Waals surface area contributed by atoms with Gasteiger partial charge in [-0.05, 0) is 25.0 Å². The lowest BCUT2D eigenvalue weighted by atomic mass is 10.2. The number of H-pyrrole nitrogens is 1.